The van der Waals surface area contributed by atoms with E-state index >= 15 is 0 Å². The molecular formula is C19H23N3O2S2. The molecule has 0 aliphatic heterocycles. The van der Waals surface area contributed by atoms with Gasteiger partial charge in [-0.1, -0.05) is 18.2 Å². The molecule has 5 nitrogen and oxygen atoms in total. The first kappa shape index (κ1) is 18.8. The summed E-state index contributed by atoms with van der Waals surface area (Å²) in [7, 11) is -0.995. The fourth-order valence-corrected chi connectivity index (χ4v) is 4.98. The van der Waals surface area contributed by atoms with E-state index in [-0.39, 0.29) is 5.91 Å². The van der Waals surface area contributed by atoms with Crippen molar-refractivity contribution in [3.63, 3.8) is 0 Å². The van der Waals surface area contributed by atoms with Crippen LogP contribution in [0.2, 0.25) is 0 Å². The molecule has 0 aliphatic carbocycles. The number of aryl methyl sites for hydroxylation is 3. The van der Waals surface area contributed by atoms with Crippen LogP contribution in [0, 0.1) is 13.8 Å². The molecule has 0 bridgehead atoms. The maximum Gasteiger partial charge on any atom is 0.261 e. The zero-order chi connectivity index (χ0) is 18.7. The Labute approximate surface area is 159 Å². The number of benzene rings is 1. The van der Waals surface area contributed by atoms with E-state index in [0.717, 1.165) is 40.0 Å². The summed E-state index contributed by atoms with van der Waals surface area (Å²) in [5, 5.41) is 8.46. The van der Waals surface area contributed by atoms with E-state index in [0.29, 0.717) is 17.2 Å². The van der Waals surface area contributed by atoms with Gasteiger partial charge in [0.25, 0.3) is 5.91 Å². The van der Waals surface area contributed by atoms with Crippen molar-refractivity contribution >= 4 is 38.1 Å². The van der Waals surface area contributed by atoms with Crippen molar-refractivity contribution in [2.45, 2.75) is 32.6 Å². The van der Waals surface area contributed by atoms with E-state index in [1.165, 1.54) is 11.3 Å². The first-order chi connectivity index (χ1) is 12.5. The summed E-state index contributed by atoms with van der Waals surface area (Å²) in [6.45, 7) is 5.37. The van der Waals surface area contributed by atoms with E-state index in [1.54, 1.807) is 6.26 Å². The second-order valence-electron chi connectivity index (χ2n) is 6.38. The predicted octanol–water partition coefficient (Wildman–Crippen LogP) is 3.41. The maximum atomic E-state index is 12.7. The summed E-state index contributed by atoms with van der Waals surface area (Å²) in [6, 6.07) is 9.96. The number of rotatable bonds is 7. The third kappa shape index (κ3) is 4.22. The van der Waals surface area contributed by atoms with Crippen LogP contribution >= 0.6 is 11.3 Å². The molecule has 0 unspecified atom stereocenters. The number of hydrogen-bond donors (Lipinski definition) is 1. The molecular weight excluding hydrogens is 366 g/mol. The second-order valence-corrected chi connectivity index (χ2v) is 8.87. The van der Waals surface area contributed by atoms with Gasteiger partial charge in [0.15, 0.2) is 0 Å². The van der Waals surface area contributed by atoms with E-state index in [9.17, 15) is 9.00 Å². The van der Waals surface area contributed by atoms with Crippen LogP contribution in [0.4, 0.5) is 0 Å². The van der Waals surface area contributed by atoms with Gasteiger partial charge in [-0.15, -0.1) is 11.3 Å². The fourth-order valence-electron chi connectivity index (χ4n) is 3.04. The van der Waals surface area contributed by atoms with E-state index in [2.05, 4.69) is 10.4 Å². The predicted molar refractivity (Wildman–Crippen MR) is 108 cm³/mol. The number of nitrogens with zero attached hydrogens (tertiary/aromatic N) is 2. The highest BCUT2D eigenvalue weighted by Crippen LogP contribution is 2.32. The highest BCUT2D eigenvalue weighted by Gasteiger charge is 2.18. The monoisotopic (exact) mass is 389 g/mol. The van der Waals surface area contributed by atoms with Gasteiger partial charge in [0.1, 0.15) is 0 Å². The van der Waals surface area contributed by atoms with Crippen molar-refractivity contribution in [2.75, 3.05) is 12.8 Å². The second kappa shape index (κ2) is 8.14. The maximum absolute atomic E-state index is 12.7. The van der Waals surface area contributed by atoms with Crippen molar-refractivity contribution in [1.82, 2.24) is 15.1 Å². The fraction of sp³-hybridized carbons (Fsp3) is 0.368. The highest BCUT2D eigenvalue weighted by molar-refractivity contribution is 7.83. The molecule has 0 aliphatic rings. The van der Waals surface area contributed by atoms with Crippen molar-refractivity contribution < 1.29 is 9.00 Å². The first-order valence-corrected chi connectivity index (χ1v) is 11.1. The van der Waals surface area contributed by atoms with Crippen LogP contribution in [-0.4, -0.2) is 32.7 Å². The molecule has 3 aromatic rings. The minimum absolute atomic E-state index is 0.0833. The van der Waals surface area contributed by atoms with Crippen LogP contribution in [-0.2, 0) is 23.1 Å². The molecule has 7 heteroatoms. The minimum Gasteiger partial charge on any atom is -0.351 e. The summed E-state index contributed by atoms with van der Waals surface area (Å²) in [5.74, 6) is 0.318. The van der Waals surface area contributed by atoms with Gasteiger partial charge in [-0.05, 0) is 43.4 Å². The highest BCUT2D eigenvalue weighted by atomic mass is 32.2. The quantitative estimate of drug-likeness (QED) is 0.630. The van der Waals surface area contributed by atoms with E-state index in [1.807, 2.05) is 48.9 Å². The number of thiophene rings is 1. The van der Waals surface area contributed by atoms with Gasteiger partial charge in [-0.3, -0.25) is 13.7 Å². The summed E-state index contributed by atoms with van der Waals surface area (Å²) in [4.78, 5) is 13.4. The number of amides is 1. The molecule has 1 N–H and O–H groups in total. The van der Waals surface area contributed by atoms with Gasteiger partial charge in [-0.25, -0.2) is 0 Å². The number of nitrogens with one attached hydrogen (secondary N) is 1. The largest absolute Gasteiger partial charge is 0.351 e. The first-order valence-electron chi connectivity index (χ1n) is 8.55. The van der Waals surface area contributed by atoms with Crippen LogP contribution in [0.25, 0.3) is 10.1 Å². The van der Waals surface area contributed by atoms with E-state index < -0.39 is 10.8 Å². The van der Waals surface area contributed by atoms with Gasteiger partial charge >= 0.3 is 0 Å². The van der Waals surface area contributed by atoms with Crippen molar-refractivity contribution in [3.05, 3.63) is 52.2 Å². The lowest BCUT2D eigenvalue weighted by atomic mass is 10.1. The van der Waals surface area contributed by atoms with Crippen LogP contribution in [0.3, 0.4) is 0 Å². The Morgan fingerprint density at radius 2 is 2.08 bits per heavy atom. The summed E-state index contributed by atoms with van der Waals surface area (Å²) < 4.78 is 14.8. The Kier molecular flexibility index (Phi) is 5.88. The van der Waals surface area contributed by atoms with Crippen molar-refractivity contribution in [3.8, 4) is 0 Å². The standard InChI is InChI=1S/C19H23N3O2S2/c1-13-11-14(2)22(21-13)10-6-9-20-19(23)18-16(12-26(3)24)15-7-4-5-8-17(15)25-18/h4-5,7-8,11H,6,9-10,12H2,1-3H3,(H,20,23)/t26-/m0/s1. The SMILES string of the molecule is Cc1cc(C)n(CCCNC(=O)c2sc3ccccc3c2C[S@](C)=O)n1. The van der Waals surface area contributed by atoms with E-state index in [4.69, 9.17) is 0 Å². The summed E-state index contributed by atoms with van der Waals surface area (Å²) in [5.41, 5.74) is 3.03. The molecule has 3 rings (SSSR count). The molecule has 0 spiro atoms. The molecule has 0 fully saturated rings. The number of carbonyl (C=O) groups excluding carboxylic acids is 1. The Morgan fingerprint density at radius 3 is 2.77 bits per heavy atom. The molecule has 1 amide bonds. The molecule has 0 radical (unpaired) electrons. The number of carbonyl (C=O) groups is 1. The van der Waals surface area contributed by atoms with Crippen LogP contribution in [0.1, 0.15) is 33.0 Å². The number of hydrogen-bond acceptors (Lipinski definition) is 4. The summed E-state index contributed by atoms with van der Waals surface area (Å²) in [6.07, 6.45) is 2.48. The normalized spacial score (nSPS) is 12.4. The lowest BCUT2D eigenvalue weighted by Crippen LogP contribution is -2.25. The minimum atomic E-state index is -0.995. The molecule has 0 saturated heterocycles. The van der Waals surface area contributed by atoms with Crippen LogP contribution < -0.4 is 5.32 Å². The van der Waals surface area contributed by atoms with Crippen molar-refractivity contribution in [2.24, 2.45) is 0 Å². The molecule has 2 heterocycles. The van der Waals surface area contributed by atoms with Gasteiger partial charge in [-0.2, -0.15) is 5.10 Å². The molecule has 26 heavy (non-hydrogen) atoms. The van der Waals surface area contributed by atoms with Gasteiger partial charge in [0.2, 0.25) is 0 Å². The van der Waals surface area contributed by atoms with Crippen molar-refractivity contribution in [1.29, 1.82) is 0 Å². The molecule has 1 aromatic carbocycles. The van der Waals surface area contributed by atoms with Crippen LogP contribution in [0.5, 0.6) is 0 Å². The zero-order valence-corrected chi connectivity index (χ0v) is 16.9. The smallest absolute Gasteiger partial charge is 0.261 e. The number of fused-ring (bicyclic) bond motifs is 1. The van der Waals surface area contributed by atoms with Gasteiger partial charge in [0, 0.05) is 40.5 Å². The summed E-state index contributed by atoms with van der Waals surface area (Å²) >= 11 is 1.47. The molecule has 138 valence electrons. The Hall–Kier alpha value is -1.99. The van der Waals surface area contributed by atoms with Crippen LogP contribution in [0.15, 0.2) is 30.3 Å². The Balaban J connectivity index is 1.67. The lowest BCUT2D eigenvalue weighted by Gasteiger charge is -2.07. The third-order valence-corrected chi connectivity index (χ3v) is 6.09. The number of aromatic nitrogens is 2. The average Bonchev–Trinajstić information content (AvgIpc) is 3.11. The third-order valence-electron chi connectivity index (χ3n) is 4.19. The topological polar surface area (TPSA) is 64.0 Å². The Bertz CT molecular complexity index is 959. The van der Waals surface area contributed by atoms with Gasteiger partial charge < -0.3 is 5.32 Å². The zero-order valence-electron chi connectivity index (χ0n) is 15.2. The lowest BCUT2D eigenvalue weighted by molar-refractivity contribution is 0.0956. The van der Waals surface area contributed by atoms with Gasteiger partial charge in [0.05, 0.1) is 16.3 Å². The average molecular weight is 390 g/mol. The molecule has 2 aromatic heterocycles. The Morgan fingerprint density at radius 1 is 1.31 bits per heavy atom. The molecule has 0 saturated carbocycles. The molecule has 1 atom stereocenters.